The minimum Gasteiger partial charge on any atom is -0.472 e. The average molecular weight is 537 g/mol. The number of carboxylic acid groups (broad SMARTS) is 1. The van der Waals surface area contributed by atoms with Crippen molar-refractivity contribution >= 4 is 17.5 Å². The summed E-state index contributed by atoms with van der Waals surface area (Å²) in [5.74, 6) is 4.25. The van der Waals surface area contributed by atoms with Crippen molar-refractivity contribution in [3.63, 3.8) is 0 Å². The van der Waals surface area contributed by atoms with Crippen LogP contribution in [0.5, 0.6) is 0 Å². The Morgan fingerprint density at radius 3 is 2.26 bits per heavy atom. The van der Waals surface area contributed by atoms with Crippen LogP contribution in [0.3, 0.4) is 0 Å². The molecule has 0 amide bonds. The van der Waals surface area contributed by atoms with E-state index >= 15 is 0 Å². The Bertz CT molecular complexity index is 1180. The second kappa shape index (κ2) is 13.6. The van der Waals surface area contributed by atoms with Gasteiger partial charge in [-0.05, 0) is 55.4 Å². The van der Waals surface area contributed by atoms with Crippen molar-refractivity contribution < 1.29 is 34.4 Å². The second-order valence-electron chi connectivity index (χ2n) is 10.6. The zero-order chi connectivity index (χ0) is 29.4. The molecule has 210 valence electrons. The molecule has 3 aliphatic carbocycles. The minimum absolute atomic E-state index is 0.00490. The van der Waals surface area contributed by atoms with Gasteiger partial charge >= 0.3 is 5.97 Å². The molecule has 0 radical (unpaired) electrons. The number of fused-ring (bicyclic) bond motifs is 5. The highest BCUT2D eigenvalue weighted by molar-refractivity contribution is 5.99. The monoisotopic (exact) mass is 536 g/mol. The van der Waals surface area contributed by atoms with Crippen LogP contribution in [-0.2, 0) is 19.1 Å². The number of Topliss-reactive ketones (excluding diaryl/α,β-unsaturated/α-hetero) is 2. The third kappa shape index (κ3) is 6.98. The first-order chi connectivity index (χ1) is 18.4. The van der Waals surface area contributed by atoms with E-state index in [9.17, 15) is 19.5 Å². The molecule has 39 heavy (non-hydrogen) atoms. The number of aliphatic hydroxyl groups is 2. The van der Waals surface area contributed by atoms with Crippen LogP contribution in [0.15, 0.2) is 41.5 Å². The van der Waals surface area contributed by atoms with Crippen LogP contribution < -0.4 is 0 Å². The van der Waals surface area contributed by atoms with Crippen molar-refractivity contribution in [2.45, 2.75) is 78.4 Å². The summed E-state index contributed by atoms with van der Waals surface area (Å²) >= 11 is 0. The SMILES string of the molecule is C#CO.CC.CC1=C2CC(=O)C3CCC4OCC4C3CC(O)(CC1=O)C2(C)C.O=C(O)C#Cc1ccccc1. The van der Waals surface area contributed by atoms with Crippen LogP contribution >= 0.6 is 0 Å². The molecular formula is C32H40O7. The normalized spacial score (nSPS) is 29.5. The van der Waals surface area contributed by atoms with Gasteiger partial charge in [-0.15, -0.1) is 0 Å². The van der Waals surface area contributed by atoms with E-state index in [4.69, 9.17) is 14.9 Å². The summed E-state index contributed by atoms with van der Waals surface area (Å²) in [5, 5.41) is 26.8. The van der Waals surface area contributed by atoms with Crippen LogP contribution in [0.4, 0.5) is 0 Å². The van der Waals surface area contributed by atoms with E-state index in [-0.39, 0.29) is 35.9 Å². The van der Waals surface area contributed by atoms with Crippen molar-refractivity contribution in [1.82, 2.24) is 0 Å². The van der Waals surface area contributed by atoms with Crippen molar-refractivity contribution in [1.29, 1.82) is 0 Å². The average Bonchev–Trinajstić information content (AvgIpc) is 2.87. The Balaban J connectivity index is 0.000000280. The maximum absolute atomic E-state index is 13.0. The second-order valence-corrected chi connectivity index (χ2v) is 10.6. The number of carboxylic acids is 1. The van der Waals surface area contributed by atoms with E-state index in [0.29, 0.717) is 30.9 Å². The lowest BCUT2D eigenvalue weighted by Gasteiger charge is -2.56. The van der Waals surface area contributed by atoms with Crippen molar-refractivity contribution in [3.05, 3.63) is 47.0 Å². The summed E-state index contributed by atoms with van der Waals surface area (Å²) in [4.78, 5) is 35.4. The van der Waals surface area contributed by atoms with Gasteiger partial charge in [0.2, 0.25) is 0 Å². The molecule has 1 aliphatic heterocycles. The zero-order valence-corrected chi connectivity index (χ0v) is 23.5. The molecule has 7 nitrogen and oxygen atoms in total. The molecule has 7 heteroatoms. The van der Waals surface area contributed by atoms with Gasteiger partial charge in [-0.3, -0.25) is 9.59 Å². The Morgan fingerprint density at radius 1 is 1.10 bits per heavy atom. The van der Waals surface area contributed by atoms with Gasteiger partial charge in [0.05, 0.1) is 18.3 Å². The molecule has 5 unspecified atom stereocenters. The molecule has 2 saturated carbocycles. The lowest BCUT2D eigenvalue weighted by Crippen LogP contribution is -2.59. The topological polar surface area (TPSA) is 121 Å². The van der Waals surface area contributed by atoms with E-state index in [1.54, 1.807) is 12.1 Å². The highest BCUT2D eigenvalue weighted by atomic mass is 16.5. The number of aliphatic carboxylic acids is 1. The molecule has 3 N–H and O–H groups in total. The third-order valence-corrected chi connectivity index (χ3v) is 8.48. The van der Waals surface area contributed by atoms with E-state index in [1.807, 2.05) is 58.7 Å². The van der Waals surface area contributed by atoms with Crippen molar-refractivity contribution in [3.8, 4) is 24.4 Å². The first kappa shape index (κ1) is 31.8. The van der Waals surface area contributed by atoms with Crippen LogP contribution in [0.25, 0.3) is 0 Å². The number of ketones is 2. The maximum Gasteiger partial charge on any atom is 0.382 e. The number of allylic oxidation sites excluding steroid dienone is 1. The molecule has 1 saturated heterocycles. The number of hydrogen-bond acceptors (Lipinski definition) is 6. The van der Waals surface area contributed by atoms with Gasteiger partial charge in [-0.2, -0.15) is 0 Å². The molecule has 0 spiro atoms. The predicted molar refractivity (Wildman–Crippen MR) is 148 cm³/mol. The van der Waals surface area contributed by atoms with Gasteiger partial charge in [-0.1, -0.05) is 58.2 Å². The molecule has 1 heterocycles. The highest BCUT2D eigenvalue weighted by Crippen LogP contribution is 2.56. The number of ether oxygens (including phenoxy) is 1. The van der Waals surface area contributed by atoms with Gasteiger partial charge < -0.3 is 20.1 Å². The van der Waals surface area contributed by atoms with Gasteiger partial charge in [0.15, 0.2) is 5.78 Å². The van der Waals surface area contributed by atoms with Crippen molar-refractivity contribution in [2.75, 3.05) is 6.61 Å². The molecule has 1 aromatic rings. The Labute approximate surface area is 231 Å². The van der Waals surface area contributed by atoms with Crippen molar-refractivity contribution in [2.24, 2.45) is 23.2 Å². The van der Waals surface area contributed by atoms with Crippen LogP contribution in [0.1, 0.15) is 72.3 Å². The van der Waals surface area contributed by atoms with Gasteiger partial charge in [0, 0.05) is 41.6 Å². The first-order valence-corrected chi connectivity index (χ1v) is 13.4. The van der Waals surface area contributed by atoms with E-state index in [0.717, 1.165) is 24.0 Å². The lowest BCUT2D eigenvalue weighted by molar-refractivity contribution is -0.195. The van der Waals surface area contributed by atoms with Crippen LogP contribution in [0.2, 0.25) is 0 Å². The van der Waals surface area contributed by atoms with Gasteiger partial charge in [-0.25, -0.2) is 4.79 Å². The fourth-order valence-corrected chi connectivity index (χ4v) is 6.15. The zero-order valence-electron chi connectivity index (χ0n) is 23.5. The number of aliphatic hydroxyl groups excluding tert-OH is 1. The summed E-state index contributed by atoms with van der Waals surface area (Å²) in [5.41, 5.74) is 0.720. The number of terminal acetylenes is 1. The lowest BCUT2D eigenvalue weighted by atomic mass is 9.52. The third-order valence-electron chi connectivity index (χ3n) is 8.48. The summed E-state index contributed by atoms with van der Waals surface area (Å²) in [7, 11) is 0. The van der Waals surface area contributed by atoms with Crippen LogP contribution in [-0.4, -0.2) is 51.2 Å². The van der Waals surface area contributed by atoms with E-state index in [2.05, 4.69) is 12.3 Å². The smallest absolute Gasteiger partial charge is 0.382 e. The standard InChI is InChI=1S/C19H26O4.C9H6O2.C2H2O.C2H6/c1-10-14-6-15(20)11-4-5-17-13(9-23-17)12(11)7-19(22,8-16(10)21)18(14,2)3;10-9(11)7-6-8-4-2-1-3-5-8;1-2-3;1-2/h11-13,17,22H,4-9H2,1-3H3;1-5H,(H,10,11);1,3H;1-2H3. The number of hydrogen-bond donors (Lipinski definition) is 3. The maximum atomic E-state index is 13.0. The number of carbonyl (C=O) groups excluding carboxylic acids is 2. The first-order valence-electron chi connectivity index (χ1n) is 13.4. The minimum atomic E-state index is -1.10. The molecule has 2 bridgehead atoms. The molecule has 0 aromatic heterocycles. The molecule has 5 rings (SSSR count). The number of rotatable bonds is 0. The van der Waals surface area contributed by atoms with Gasteiger partial charge in [0.1, 0.15) is 11.9 Å². The highest BCUT2D eigenvalue weighted by Gasteiger charge is 2.58. The Kier molecular flexibility index (Phi) is 11.1. The predicted octanol–water partition coefficient (Wildman–Crippen LogP) is 4.54. The summed E-state index contributed by atoms with van der Waals surface area (Å²) in [6.45, 7) is 10.5. The number of benzene rings is 1. The molecule has 4 aliphatic rings. The molecule has 1 aromatic carbocycles. The Hall–Kier alpha value is -3.39. The summed E-state index contributed by atoms with van der Waals surface area (Å²) in [6, 6.07) is 9.00. The molecular weight excluding hydrogens is 496 g/mol. The fraction of sp³-hybridized carbons (Fsp3) is 0.531. The summed E-state index contributed by atoms with van der Waals surface area (Å²) in [6.07, 6.45) is 8.53. The molecule has 3 fully saturated rings. The largest absolute Gasteiger partial charge is 0.472 e. The van der Waals surface area contributed by atoms with E-state index in [1.165, 1.54) is 6.11 Å². The Morgan fingerprint density at radius 2 is 1.72 bits per heavy atom. The fourth-order valence-electron chi connectivity index (χ4n) is 6.15. The van der Waals surface area contributed by atoms with Gasteiger partial charge in [0.25, 0.3) is 0 Å². The summed E-state index contributed by atoms with van der Waals surface area (Å²) < 4.78 is 5.65. The molecule has 5 atom stereocenters. The number of carbonyl (C=O) groups is 3. The van der Waals surface area contributed by atoms with Crippen LogP contribution in [0, 0.1) is 47.5 Å². The van der Waals surface area contributed by atoms with E-state index < -0.39 is 17.0 Å². The quantitative estimate of drug-likeness (QED) is 0.417.